The first kappa shape index (κ1) is 13.3. The van der Waals surface area contributed by atoms with E-state index in [1.54, 1.807) is 0 Å². The molecule has 0 saturated carbocycles. The summed E-state index contributed by atoms with van der Waals surface area (Å²) in [6.07, 6.45) is 1.48. The van der Waals surface area contributed by atoms with Crippen molar-refractivity contribution in [1.29, 1.82) is 0 Å². The van der Waals surface area contributed by atoms with Gasteiger partial charge in [-0.25, -0.2) is 8.78 Å². The molecule has 0 aliphatic rings. The smallest absolute Gasteiger partial charge is 0.160 e. The summed E-state index contributed by atoms with van der Waals surface area (Å²) in [5.74, 6) is -1.46. The third-order valence-corrected chi connectivity index (χ3v) is 3.58. The largest absolute Gasteiger partial charge is 0.328 e. The zero-order valence-electron chi connectivity index (χ0n) is 9.08. The summed E-state index contributed by atoms with van der Waals surface area (Å²) in [6, 6.07) is 3.40. The van der Waals surface area contributed by atoms with Crippen LogP contribution in [0.5, 0.6) is 0 Å². The first-order valence-electron chi connectivity index (χ1n) is 5.09. The molecule has 0 amide bonds. The molecule has 2 nitrogen and oxygen atoms in total. The minimum atomic E-state index is -1.28. The van der Waals surface area contributed by atoms with Gasteiger partial charge in [0.2, 0.25) is 0 Å². The zero-order chi connectivity index (χ0) is 12.1. The second-order valence-electron chi connectivity index (χ2n) is 3.75. The minimum Gasteiger partial charge on any atom is -0.328 e. The van der Waals surface area contributed by atoms with E-state index in [1.165, 1.54) is 6.07 Å². The molecule has 0 heterocycles. The van der Waals surface area contributed by atoms with Gasteiger partial charge in [0.15, 0.2) is 11.6 Å². The van der Waals surface area contributed by atoms with Gasteiger partial charge in [0, 0.05) is 16.7 Å². The van der Waals surface area contributed by atoms with Crippen molar-refractivity contribution in [2.45, 2.75) is 30.7 Å². The lowest BCUT2D eigenvalue weighted by Gasteiger charge is -2.05. The second-order valence-corrected chi connectivity index (χ2v) is 5.32. The lowest BCUT2D eigenvalue weighted by atomic mass is 10.2. The molecule has 0 bridgehead atoms. The SMILES string of the molecule is CC(N)CCCS(=O)c1ccc(F)c(F)c1. The van der Waals surface area contributed by atoms with E-state index in [0.717, 1.165) is 18.6 Å². The van der Waals surface area contributed by atoms with E-state index in [0.29, 0.717) is 17.1 Å². The van der Waals surface area contributed by atoms with Crippen molar-refractivity contribution in [1.82, 2.24) is 0 Å². The fraction of sp³-hybridized carbons (Fsp3) is 0.455. The molecule has 0 spiro atoms. The first-order valence-corrected chi connectivity index (χ1v) is 6.41. The highest BCUT2D eigenvalue weighted by molar-refractivity contribution is 7.85. The lowest BCUT2D eigenvalue weighted by Crippen LogP contribution is -2.15. The molecule has 1 aromatic rings. The Kier molecular flexibility index (Phi) is 5.02. The minimum absolute atomic E-state index is 0.0713. The quantitative estimate of drug-likeness (QED) is 0.866. The molecular formula is C11H15F2NOS. The van der Waals surface area contributed by atoms with Gasteiger partial charge in [-0.15, -0.1) is 0 Å². The molecule has 1 rings (SSSR count). The van der Waals surface area contributed by atoms with Crippen molar-refractivity contribution in [3.8, 4) is 0 Å². The molecule has 0 aliphatic heterocycles. The van der Waals surface area contributed by atoms with Crippen LogP contribution >= 0.6 is 0 Å². The van der Waals surface area contributed by atoms with E-state index in [2.05, 4.69) is 0 Å². The lowest BCUT2D eigenvalue weighted by molar-refractivity contribution is 0.505. The number of hydrogen-bond acceptors (Lipinski definition) is 2. The molecule has 0 aromatic heterocycles. The average molecular weight is 247 g/mol. The van der Waals surface area contributed by atoms with Crippen LogP contribution < -0.4 is 5.73 Å². The third kappa shape index (κ3) is 3.98. The number of benzene rings is 1. The molecule has 16 heavy (non-hydrogen) atoms. The summed E-state index contributed by atoms with van der Waals surface area (Å²) in [7, 11) is -1.28. The van der Waals surface area contributed by atoms with Crippen LogP contribution in [-0.2, 0) is 10.8 Å². The number of halogens is 2. The zero-order valence-corrected chi connectivity index (χ0v) is 9.90. The Hall–Kier alpha value is -0.810. The Bertz CT molecular complexity index is 382. The molecule has 0 fully saturated rings. The molecule has 0 saturated heterocycles. The van der Waals surface area contributed by atoms with Gasteiger partial charge in [-0.1, -0.05) is 0 Å². The van der Waals surface area contributed by atoms with Crippen molar-refractivity contribution < 1.29 is 13.0 Å². The summed E-state index contributed by atoms with van der Waals surface area (Å²) >= 11 is 0. The molecule has 5 heteroatoms. The highest BCUT2D eigenvalue weighted by Gasteiger charge is 2.08. The van der Waals surface area contributed by atoms with Gasteiger partial charge in [0.25, 0.3) is 0 Å². The van der Waals surface area contributed by atoms with Crippen LogP contribution in [0.4, 0.5) is 8.78 Å². The normalized spacial score (nSPS) is 14.8. The molecule has 2 unspecified atom stereocenters. The molecular weight excluding hydrogens is 232 g/mol. The number of nitrogens with two attached hydrogens (primary N) is 1. The molecule has 0 radical (unpaired) electrons. The summed E-state index contributed by atoms with van der Waals surface area (Å²) in [6.45, 7) is 1.88. The topological polar surface area (TPSA) is 43.1 Å². The predicted octanol–water partition coefficient (Wildman–Crippen LogP) is 2.20. The Balaban J connectivity index is 2.56. The molecule has 2 atom stereocenters. The van der Waals surface area contributed by atoms with E-state index in [9.17, 15) is 13.0 Å². The van der Waals surface area contributed by atoms with Gasteiger partial charge < -0.3 is 5.73 Å². The van der Waals surface area contributed by atoms with Crippen molar-refractivity contribution in [3.63, 3.8) is 0 Å². The van der Waals surface area contributed by atoms with Crippen LogP contribution in [-0.4, -0.2) is 16.0 Å². The fourth-order valence-electron chi connectivity index (χ4n) is 1.27. The Labute approximate surface area is 96.3 Å². The maximum atomic E-state index is 12.9. The Morgan fingerprint density at radius 3 is 2.62 bits per heavy atom. The van der Waals surface area contributed by atoms with Gasteiger partial charge in [-0.2, -0.15) is 0 Å². The second kappa shape index (κ2) is 6.06. The van der Waals surface area contributed by atoms with Crippen molar-refractivity contribution in [2.75, 3.05) is 5.75 Å². The molecule has 1 aromatic carbocycles. The summed E-state index contributed by atoms with van der Waals surface area (Å²) < 4.78 is 37.2. The third-order valence-electron chi connectivity index (χ3n) is 2.14. The highest BCUT2D eigenvalue weighted by Crippen LogP contribution is 2.13. The average Bonchev–Trinajstić information content (AvgIpc) is 2.21. The number of hydrogen-bond donors (Lipinski definition) is 1. The van der Waals surface area contributed by atoms with E-state index in [1.807, 2.05) is 6.92 Å². The van der Waals surface area contributed by atoms with Crippen LogP contribution in [0.25, 0.3) is 0 Å². The summed E-state index contributed by atoms with van der Waals surface area (Å²) in [4.78, 5) is 0.323. The maximum Gasteiger partial charge on any atom is 0.160 e. The van der Waals surface area contributed by atoms with Crippen LogP contribution in [0.15, 0.2) is 23.1 Å². The van der Waals surface area contributed by atoms with E-state index < -0.39 is 22.4 Å². The van der Waals surface area contributed by atoms with Crippen LogP contribution in [0.2, 0.25) is 0 Å². The van der Waals surface area contributed by atoms with Crippen molar-refractivity contribution in [2.24, 2.45) is 5.73 Å². The van der Waals surface area contributed by atoms with Gasteiger partial charge in [0.1, 0.15) is 0 Å². The van der Waals surface area contributed by atoms with E-state index >= 15 is 0 Å². The van der Waals surface area contributed by atoms with Gasteiger partial charge in [-0.3, -0.25) is 4.21 Å². The van der Waals surface area contributed by atoms with E-state index in [-0.39, 0.29) is 6.04 Å². The first-order chi connectivity index (χ1) is 7.50. The standard InChI is InChI=1S/C11H15F2NOS/c1-8(14)3-2-6-16(15)9-4-5-10(12)11(13)7-9/h4-5,7-8H,2-3,6,14H2,1H3. The van der Waals surface area contributed by atoms with Crippen LogP contribution in [0, 0.1) is 11.6 Å². The monoisotopic (exact) mass is 247 g/mol. The van der Waals surface area contributed by atoms with Gasteiger partial charge in [-0.05, 0) is 38.0 Å². The van der Waals surface area contributed by atoms with Crippen molar-refractivity contribution in [3.05, 3.63) is 29.8 Å². The van der Waals surface area contributed by atoms with Gasteiger partial charge in [0.05, 0.1) is 10.8 Å². The van der Waals surface area contributed by atoms with Crippen molar-refractivity contribution >= 4 is 10.8 Å². The van der Waals surface area contributed by atoms with Crippen LogP contribution in [0.1, 0.15) is 19.8 Å². The van der Waals surface area contributed by atoms with Crippen LogP contribution in [0.3, 0.4) is 0 Å². The fourth-order valence-corrected chi connectivity index (χ4v) is 2.39. The maximum absolute atomic E-state index is 12.9. The number of rotatable bonds is 5. The summed E-state index contributed by atoms with van der Waals surface area (Å²) in [5.41, 5.74) is 5.55. The molecule has 90 valence electrons. The summed E-state index contributed by atoms with van der Waals surface area (Å²) in [5, 5.41) is 0. The van der Waals surface area contributed by atoms with Gasteiger partial charge >= 0.3 is 0 Å². The highest BCUT2D eigenvalue weighted by atomic mass is 32.2. The Morgan fingerprint density at radius 2 is 2.06 bits per heavy atom. The van der Waals surface area contributed by atoms with E-state index in [4.69, 9.17) is 5.73 Å². The predicted molar refractivity (Wildman–Crippen MR) is 60.5 cm³/mol. The molecule has 2 N–H and O–H groups in total. The Morgan fingerprint density at radius 1 is 1.38 bits per heavy atom. The molecule has 0 aliphatic carbocycles.